The average molecular weight is 120 g/mol. The summed E-state index contributed by atoms with van der Waals surface area (Å²) >= 11 is 0. The number of hydrogen-bond acceptors (Lipinski definition) is 0. The number of hydrogen-bond donors (Lipinski definition) is 0. The summed E-state index contributed by atoms with van der Waals surface area (Å²) in [4.78, 5) is 0. The predicted molar refractivity (Wildman–Crippen MR) is 41.3 cm³/mol. The van der Waals surface area contributed by atoms with Gasteiger partial charge in [-0.05, 0) is 24.5 Å². The van der Waals surface area contributed by atoms with Crippen LogP contribution in [0.2, 0.25) is 0 Å². The van der Waals surface area contributed by atoms with Crippen LogP contribution in [0.4, 0.5) is 0 Å². The van der Waals surface area contributed by atoms with Crippen molar-refractivity contribution in [1.82, 2.24) is 0 Å². The van der Waals surface area contributed by atoms with Crippen LogP contribution in [0, 0.1) is 0 Å². The summed E-state index contributed by atoms with van der Waals surface area (Å²) in [6.07, 6.45) is 9.76. The Morgan fingerprint density at radius 2 is 2.33 bits per heavy atom. The zero-order valence-corrected chi connectivity index (χ0v) is 6.02. The second-order valence-corrected chi connectivity index (χ2v) is 2.28. The maximum Gasteiger partial charge on any atom is -0.0267 e. The van der Waals surface area contributed by atoms with Gasteiger partial charge in [0.2, 0.25) is 0 Å². The molecule has 0 aromatic heterocycles. The molecule has 9 heavy (non-hydrogen) atoms. The fraction of sp³-hybridized carbons (Fsp3) is 0.333. The zero-order valence-electron chi connectivity index (χ0n) is 6.02. The summed E-state index contributed by atoms with van der Waals surface area (Å²) in [6, 6.07) is 0. The molecule has 0 aliphatic heterocycles. The first-order chi connectivity index (χ1) is 4.34. The normalized spacial score (nSPS) is 21.1. The van der Waals surface area contributed by atoms with E-state index in [1.807, 2.05) is 0 Å². The van der Waals surface area contributed by atoms with Crippen LogP contribution in [0.3, 0.4) is 0 Å². The van der Waals surface area contributed by atoms with Crippen molar-refractivity contribution in [3.05, 3.63) is 35.5 Å². The highest BCUT2D eigenvalue weighted by Gasteiger charge is 1.97. The molecule has 48 valence electrons. The molecule has 1 rings (SSSR count). The molecule has 1 aliphatic rings. The number of rotatable bonds is 1. The lowest BCUT2D eigenvalue weighted by molar-refractivity contribution is 1.20. The highest BCUT2D eigenvalue weighted by molar-refractivity contribution is 5.46. The SMILES string of the molecule is CC/C=C1/C=CC=C1C. The Labute approximate surface area is 56.6 Å². The van der Waals surface area contributed by atoms with E-state index in [1.54, 1.807) is 0 Å². The monoisotopic (exact) mass is 120 g/mol. The Balaban J connectivity index is 2.74. The average Bonchev–Trinajstić information content (AvgIpc) is 2.18. The third kappa shape index (κ3) is 1.32. The fourth-order valence-electron chi connectivity index (χ4n) is 0.973. The quantitative estimate of drug-likeness (QED) is 0.499. The van der Waals surface area contributed by atoms with Gasteiger partial charge in [-0.15, -0.1) is 0 Å². The molecule has 0 heterocycles. The van der Waals surface area contributed by atoms with E-state index in [9.17, 15) is 0 Å². The molecule has 0 spiro atoms. The van der Waals surface area contributed by atoms with Crippen LogP contribution in [-0.2, 0) is 0 Å². The van der Waals surface area contributed by atoms with Gasteiger partial charge in [0.1, 0.15) is 0 Å². The molecule has 0 atom stereocenters. The van der Waals surface area contributed by atoms with Crippen molar-refractivity contribution in [3.63, 3.8) is 0 Å². The summed E-state index contributed by atoms with van der Waals surface area (Å²) < 4.78 is 0. The van der Waals surface area contributed by atoms with Crippen LogP contribution in [0.25, 0.3) is 0 Å². The van der Waals surface area contributed by atoms with Crippen molar-refractivity contribution in [3.8, 4) is 0 Å². The van der Waals surface area contributed by atoms with E-state index in [-0.39, 0.29) is 0 Å². The van der Waals surface area contributed by atoms with Gasteiger partial charge >= 0.3 is 0 Å². The molecule has 0 saturated carbocycles. The Morgan fingerprint density at radius 1 is 1.56 bits per heavy atom. The molecule has 0 unspecified atom stereocenters. The molecule has 0 heteroatoms. The van der Waals surface area contributed by atoms with Crippen LogP contribution in [0.15, 0.2) is 35.5 Å². The summed E-state index contributed by atoms with van der Waals surface area (Å²) in [6.45, 7) is 4.30. The van der Waals surface area contributed by atoms with Crippen molar-refractivity contribution >= 4 is 0 Å². The van der Waals surface area contributed by atoms with Crippen LogP contribution >= 0.6 is 0 Å². The van der Waals surface area contributed by atoms with E-state index in [2.05, 4.69) is 38.2 Å². The lowest BCUT2D eigenvalue weighted by Crippen LogP contribution is -1.73. The summed E-state index contributed by atoms with van der Waals surface area (Å²) in [5.74, 6) is 0. The first-order valence-electron chi connectivity index (χ1n) is 3.40. The summed E-state index contributed by atoms with van der Waals surface area (Å²) in [7, 11) is 0. The third-order valence-electron chi connectivity index (χ3n) is 1.50. The Bertz CT molecular complexity index is 180. The molecule has 0 aromatic carbocycles. The zero-order chi connectivity index (χ0) is 6.69. The van der Waals surface area contributed by atoms with E-state index in [1.165, 1.54) is 11.1 Å². The number of allylic oxidation sites excluding steroid dienone is 6. The molecule has 0 saturated heterocycles. The lowest BCUT2D eigenvalue weighted by Gasteiger charge is -1.93. The second-order valence-electron chi connectivity index (χ2n) is 2.28. The lowest BCUT2D eigenvalue weighted by atomic mass is 10.1. The molecule has 0 bridgehead atoms. The molecule has 0 N–H and O–H groups in total. The van der Waals surface area contributed by atoms with E-state index < -0.39 is 0 Å². The van der Waals surface area contributed by atoms with Crippen molar-refractivity contribution in [2.24, 2.45) is 0 Å². The molecule has 1 aliphatic carbocycles. The maximum atomic E-state index is 2.25. The van der Waals surface area contributed by atoms with Gasteiger partial charge in [0.25, 0.3) is 0 Å². The van der Waals surface area contributed by atoms with Crippen LogP contribution in [0.5, 0.6) is 0 Å². The Kier molecular flexibility index (Phi) is 1.88. The first kappa shape index (κ1) is 6.34. The minimum absolute atomic E-state index is 1.13. The van der Waals surface area contributed by atoms with Gasteiger partial charge in [0.15, 0.2) is 0 Å². The molecule has 0 radical (unpaired) electrons. The molecule has 0 fully saturated rings. The van der Waals surface area contributed by atoms with E-state index in [4.69, 9.17) is 0 Å². The van der Waals surface area contributed by atoms with Crippen molar-refractivity contribution in [2.45, 2.75) is 20.3 Å². The smallest absolute Gasteiger partial charge is 0.0267 e. The molecular formula is C9H12. The topological polar surface area (TPSA) is 0 Å². The van der Waals surface area contributed by atoms with Gasteiger partial charge in [-0.2, -0.15) is 0 Å². The minimum atomic E-state index is 1.13. The van der Waals surface area contributed by atoms with Gasteiger partial charge in [0, 0.05) is 0 Å². The highest BCUT2D eigenvalue weighted by Crippen LogP contribution is 2.17. The van der Waals surface area contributed by atoms with Crippen LogP contribution < -0.4 is 0 Å². The van der Waals surface area contributed by atoms with Gasteiger partial charge in [-0.25, -0.2) is 0 Å². The molecular weight excluding hydrogens is 108 g/mol. The fourth-order valence-corrected chi connectivity index (χ4v) is 0.973. The predicted octanol–water partition coefficient (Wildman–Crippen LogP) is 2.84. The van der Waals surface area contributed by atoms with E-state index in [0.717, 1.165) is 6.42 Å². The van der Waals surface area contributed by atoms with Gasteiger partial charge in [-0.1, -0.05) is 31.2 Å². The van der Waals surface area contributed by atoms with Crippen molar-refractivity contribution in [1.29, 1.82) is 0 Å². The van der Waals surface area contributed by atoms with E-state index >= 15 is 0 Å². The maximum absolute atomic E-state index is 2.25. The third-order valence-corrected chi connectivity index (χ3v) is 1.50. The molecule has 0 nitrogen and oxygen atoms in total. The molecule has 0 amide bonds. The Hall–Kier alpha value is -0.780. The Morgan fingerprint density at radius 3 is 2.78 bits per heavy atom. The summed E-state index contributed by atoms with van der Waals surface area (Å²) in [5, 5.41) is 0. The van der Waals surface area contributed by atoms with Crippen LogP contribution in [0.1, 0.15) is 20.3 Å². The first-order valence-corrected chi connectivity index (χ1v) is 3.40. The van der Waals surface area contributed by atoms with Crippen molar-refractivity contribution in [2.75, 3.05) is 0 Å². The van der Waals surface area contributed by atoms with Gasteiger partial charge in [-0.3, -0.25) is 0 Å². The second kappa shape index (κ2) is 2.67. The summed E-state index contributed by atoms with van der Waals surface area (Å²) in [5.41, 5.74) is 2.77. The van der Waals surface area contributed by atoms with Gasteiger partial charge < -0.3 is 0 Å². The standard InChI is InChI=1S/C9H12/c1-3-5-9-7-4-6-8(9)2/h4-7H,3H2,1-2H3/b9-5-. The molecule has 0 aromatic rings. The van der Waals surface area contributed by atoms with E-state index in [0.29, 0.717) is 0 Å². The van der Waals surface area contributed by atoms with Crippen LogP contribution in [-0.4, -0.2) is 0 Å². The minimum Gasteiger partial charge on any atom is -0.0773 e. The van der Waals surface area contributed by atoms with Crippen molar-refractivity contribution < 1.29 is 0 Å². The highest BCUT2D eigenvalue weighted by atomic mass is 14.0. The van der Waals surface area contributed by atoms with Gasteiger partial charge in [0.05, 0.1) is 0 Å². The largest absolute Gasteiger partial charge is 0.0773 e.